The summed E-state index contributed by atoms with van der Waals surface area (Å²) in [6.45, 7) is 1.82. The normalized spacial score (nSPS) is 22.9. The first-order valence-electron chi connectivity index (χ1n) is 6.47. The van der Waals surface area contributed by atoms with Gasteiger partial charge in [0.05, 0.1) is 6.54 Å². The Balaban J connectivity index is 1.94. The lowest BCUT2D eigenvalue weighted by molar-refractivity contribution is -0.119. The number of nitrogens with zero attached hydrogens (tertiary/aromatic N) is 1. The molecule has 1 amide bonds. The van der Waals surface area contributed by atoms with Gasteiger partial charge < -0.3 is 15.2 Å². The maximum atomic E-state index is 13.1. The molecule has 0 bridgehead atoms. The molecule has 1 fully saturated rings. The van der Waals surface area contributed by atoms with Gasteiger partial charge >= 0.3 is 0 Å². The molecule has 2 N–H and O–H groups in total. The molecule has 5 nitrogen and oxygen atoms in total. The molecule has 20 heavy (non-hydrogen) atoms. The van der Waals surface area contributed by atoms with Crippen LogP contribution in [0.25, 0.3) is 0 Å². The fourth-order valence-electron chi connectivity index (χ4n) is 2.40. The molecular weight excluding hydrogens is 263 g/mol. The number of primary amides is 1. The van der Waals surface area contributed by atoms with Crippen LogP contribution in [0.4, 0.5) is 4.39 Å². The van der Waals surface area contributed by atoms with E-state index in [-0.39, 0.29) is 18.3 Å². The Hall–Kier alpha value is -1.66. The van der Waals surface area contributed by atoms with Crippen LogP contribution in [0.5, 0.6) is 5.75 Å². The van der Waals surface area contributed by atoms with Crippen LogP contribution < -0.4 is 10.5 Å². The van der Waals surface area contributed by atoms with E-state index in [9.17, 15) is 9.18 Å². The van der Waals surface area contributed by atoms with Crippen LogP contribution in [0.1, 0.15) is 6.42 Å². The molecule has 1 aromatic rings. The Morgan fingerprint density at radius 1 is 1.55 bits per heavy atom. The van der Waals surface area contributed by atoms with Gasteiger partial charge in [0.1, 0.15) is 23.8 Å². The summed E-state index contributed by atoms with van der Waals surface area (Å²) in [5, 5.41) is 0. The zero-order valence-electron chi connectivity index (χ0n) is 11.5. The average Bonchev–Trinajstić information content (AvgIpc) is 2.80. The molecule has 2 rings (SSSR count). The molecule has 1 aliphatic rings. The van der Waals surface area contributed by atoms with Crippen molar-refractivity contribution in [2.45, 2.75) is 12.0 Å². The first-order valence-corrected chi connectivity index (χ1v) is 6.47. The molecule has 110 valence electrons. The van der Waals surface area contributed by atoms with E-state index >= 15 is 0 Å². The first-order chi connectivity index (χ1) is 9.53. The molecule has 1 saturated heterocycles. The van der Waals surface area contributed by atoms with E-state index in [2.05, 4.69) is 0 Å². The molecular formula is C14H19FN2O3. The lowest BCUT2D eigenvalue weighted by Gasteiger charge is -2.27. The standard InChI is InChI=1S/C14H19FN2O3/c1-19-14(5-6-17(9-14)8-13(16)18)10-20-12-4-2-3-11(15)7-12/h2-4,7H,5-6,8-10H2,1H3,(H2,16,18)/t14-/m1/s1. The summed E-state index contributed by atoms with van der Waals surface area (Å²) < 4.78 is 24.2. The minimum atomic E-state index is -0.484. The Morgan fingerprint density at radius 3 is 3.00 bits per heavy atom. The van der Waals surface area contributed by atoms with Crippen LogP contribution in [0.3, 0.4) is 0 Å². The number of carbonyl (C=O) groups excluding carboxylic acids is 1. The highest BCUT2D eigenvalue weighted by Gasteiger charge is 2.39. The largest absolute Gasteiger partial charge is 0.490 e. The number of hydrogen-bond donors (Lipinski definition) is 1. The topological polar surface area (TPSA) is 64.8 Å². The number of halogens is 1. The summed E-state index contributed by atoms with van der Waals surface area (Å²) in [7, 11) is 1.61. The van der Waals surface area contributed by atoms with Gasteiger partial charge in [-0.15, -0.1) is 0 Å². The highest BCUT2D eigenvalue weighted by Crippen LogP contribution is 2.26. The minimum absolute atomic E-state index is 0.213. The van der Waals surface area contributed by atoms with E-state index in [1.165, 1.54) is 12.1 Å². The van der Waals surface area contributed by atoms with Crippen molar-refractivity contribution in [1.82, 2.24) is 4.90 Å². The lowest BCUT2D eigenvalue weighted by Crippen LogP contribution is -2.42. The SMILES string of the molecule is CO[C@]1(COc2cccc(F)c2)CCN(CC(N)=O)C1. The molecule has 1 aromatic carbocycles. The molecule has 1 atom stereocenters. The maximum absolute atomic E-state index is 13.1. The smallest absolute Gasteiger partial charge is 0.231 e. The van der Waals surface area contributed by atoms with E-state index < -0.39 is 5.60 Å². The fraction of sp³-hybridized carbons (Fsp3) is 0.500. The van der Waals surface area contributed by atoms with Gasteiger partial charge in [0.25, 0.3) is 0 Å². The Bertz CT molecular complexity index is 483. The second-order valence-corrected chi connectivity index (χ2v) is 5.06. The highest BCUT2D eigenvalue weighted by molar-refractivity contribution is 5.75. The van der Waals surface area contributed by atoms with Gasteiger partial charge in [-0.2, -0.15) is 0 Å². The van der Waals surface area contributed by atoms with Crippen molar-refractivity contribution in [3.05, 3.63) is 30.1 Å². The van der Waals surface area contributed by atoms with Gasteiger partial charge in [-0.25, -0.2) is 4.39 Å². The monoisotopic (exact) mass is 282 g/mol. The summed E-state index contributed by atoms with van der Waals surface area (Å²) in [4.78, 5) is 12.9. The third-order valence-electron chi connectivity index (χ3n) is 3.51. The Labute approximate surface area is 117 Å². The summed E-state index contributed by atoms with van der Waals surface area (Å²) in [5.41, 5.74) is 4.71. The van der Waals surface area contributed by atoms with Crippen LogP contribution in [0, 0.1) is 5.82 Å². The van der Waals surface area contributed by atoms with Gasteiger partial charge in [0, 0.05) is 26.3 Å². The zero-order valence-corrected chi connectivity index (χ0v) is 11.5. The number of carbonyl (C=O) groups is 1. The van der Waals surface area contributed by atoms with Crippen molar-refractivity contribution in [2.75, 3.05) is 33.4 Å². The van der Waals surface area contributed by atoms with Crippen molar-refractivity contribution in [2.24, 2.45) is 5.73 Å². The van der Waals surface area contributed by atoms with Crippen LogP contribution in [0.2, 0.25) is 0 Å². The van der Waals surface area contributed by atoms with E-state index in [0.717, 1.165) is 13.0 Å². The lowest BCUT2D eigenvalue weighted by atomic mass is 10.0. The van der Waals surface area contributed by atoms with Crippen molar-refractivity contribution in [1.29, 1.82) is 0 Å². The van der Waals surface area contributed by atoms with Crippen LogP contribution in [-0.4, -0.2) is 49.8 Å². The first kappa shape index (κ1) is 14.7. The number of benzene rings is 1. The summed E-state index contributed by atoms with van der Waals surface area (Å²) in [5.74, 6) is -0.228. The molecule has 6 heteroatoms. The van der Waals surface area contributed by atoms with Gasteiger partial charge in [-0.1, -0.05) is 6.07 Å². The minimum Gasteiger partial charge on any atom is -0.490 e. The van der Waals surface area contributed by atoms with Gasteiger partial charge in [-0.3, -0.25) is 9.69 Å². The summed E-state index contributed by atoms with van der Waals surface area (Å²) in [6, 6.07) is 5.99. The highest BCUT2D eigenvalue weighted by atomic mass is 19.1. The van der Waals surface area contributed by atoms with Crippen LogP contribution in [0.15, 0.2) is 24.3 Å². The number of hydrogen-bond acceptors (Lipinski definition) is 4. The van der Waals surface area contributed by atoms with Crippen molar-refractivity contribution in [3.8, 4) is 5.75 Å². The van der Waals surface area contributed by atoms with E-state index in [1.807, 2.05) is 4.90 Å². The fourth-order valence-corrected chi connectivity index (χ4v) is 2.40. The predicted molar refractivity (Wildman–Crippen MR) is 71.9 cm³/mol. The molecule has 0 unspecified atom stereocenters. The molecule has 1 aliphatic heterocycles. The van der Waals surface area contributed by atoms with Gasteiger partial charge in [0.15, 0.2) is 0 Å². The summed E-state index contributed by atoms with van der Waals surface area (Å²) >= 11 is 0. The predicted octanol–water partition coefficient (Wildman–Crippen LogP) is 0.781. The second kappa shape index (κ2) is 6.19. The zero-order chi connectivity index (χ0) is 14.6. The molecule has 0 aromatic heterocycles. The maximum Gasteiger partial charge on any atom is 0.231 e. The summed E-state index contributed by atoms with van der Waals surface area (Å²) in [6.07, 6.45) is 0.742. The number of amides is 1. The van der Waals surface area contributed by atoms with E-state index in [4.69, 9.17) is 15.2 Å². The van der Waals surface area contributed by atoms with Crippen molar-refractivity contribution >= 4 is 5.91 Å². The average molecular weight is 282 g/mol. The molecule has 1 heterocycles. The number of likely N-dealkylation sites (tertiary alicyclic amines) is 1. The van der Waals surface area contributed by atoms with Crippen molar-refractivity contribution < 1.29 is 18.7 Å². The van der Waals surface area contributed by atoms with Crippen LogP contribution in [-0.2, 0) is 9.53 Å². The molecule has 0 spiro atoms. The Kier molecular flexibility index (Phi) is 4.57. The Morgan fingerprint density at radius 2 is 2.35 bits per heavy atom. The van der Waals surface area contributed by atoms with Crippen molar-refractivity contribution in [3.63, 3.8) is 0 Å². The molecule has 0 aliphatic carbocycles. The third kappa shape index (κ3) is 3.68. The molecule has 0 saturated carbocycles. The third-order valence-corrected chi connectivity index (χ3v) is 3.51. The van der Waals surface area contributed by atoms with Crippen LogP contribution >= 0.6 is 0 Å². The van der Waals surface area contributed by atoms with Gasteiger partial charge in [0.2, 0.25) is 5.91 Å². The van der Waals surface area contributed by atoms with E-state index in [1.54, 1.807) is 19.2 Å². The molecule has 0 radical (unpaired) electrons. The number of rotatable bonds is 6. The number of ether oxygens (including phenoxy) is 2. The second-order valence-electron chi connectivity index (χ2n) is 5.06. The van der Waals surface area contributed by atoms with Gasteiger partial charge in [-0.05, 0) is 18.6 Å². The number of nitrogens with two attached hydrogens (primary N) is 1. The number of methoxy groups -OCH3 is 1. The van der Waals surface area contributed by atoms with E-state index in [0.29, 0.717) is 18.9 Å². The quantitative estimate of drug-likeness (QED) is 0.837.